The van der Waals surface area contributed by atoms with Gasteiger partial charge in [-0.1, -0.05) is 23.8 Å². The quantitative estimate of drug-likeness (QED) is 0.101. The summed E-state index contributed by atoms with van der Waals surface area (Å²) < 4.78 is 129. The number of carbonyl (C=O) groups is 1. The largest absolute Gasteiger partial charge is 0.321 e. The minimum atomic E-state index is -5.39. The van der Waals surface area contributed by atoms with Crippen LogP contribution in [0.3, 0.4) is 0 Å². The second kappa shape index (κ2) is 11.4. The summed E-state index contributed by atoms with van der Waals surface area (Å²) in [5.41, 5.74) is 0.454. The summed E-state index contributed by atoms with van der Waals surface area (Å²) in [5.74, 6) is 4.99. The highest BCUT2D eigenvalue weighted by Crippen LogP contribution is 2.37. The van der Waals surface area contributed by atoms with E-state index in [1.807, 2.05) is 0 Å². The average molecular weight is 700 g/mol. The molecular formula is C26H25N3O12S4. The van der Waals surface area contributed by atoms with Gasteiger partial charge in [0, 0.05) is 10.8 Å². The number of nitrogens with one attached hydrogen (secondary N) is 1. The molecular weight excluding hydrogens is 675 g/mol. The van der Waals surface area contributed by atoms with E-state index in [0.717, 1.165) is 11.6 Å². The first-order chi connectivity index (χ1) is 20.5. The van der Waals surface area contributed by atoms with Gasteiger partial charge in [0.1, 0.15) is 9.79 Å². The topological polar surface area (TPSA) is 256 Å². The van der Waals surface area contributed by atoms with Crippen molar-refractivity contribution >= 4 is 68.4 Å². The number of hydrazine groups is 1. The molecule has 4 rings (SSSR count). The van der Waals surface area contributed by atoms with Gasteiger partial charge in [-0.25, -0.2) is 10.3 Å². The second-order valence-electron chi connectivity index (χ2n) is 9.92. The zero-order valence-corrected chi connectivity index (χ0v) is 26.7. The van der Waals surface area contributed by atoms with E-state index < -0.39 is 77.4 Å². The number of hydrogen-bond donors (Lipinski definition) is 5. The Hall–Kier alpha value is -3.95. The summed E-state index contributed by atoms with van der Waals surface area (Å²) in [6, 6.07) is 10.8. The number of hydrogen-bond acceptors (Lipinski definition) is 10. The van der Waals surface area contributed by atoms with E-state index in [4.69, 9.17) is 5.84 Å². The zero-order chi connectivity index (χ0) is 33.9. The van der Waals surface area contributed by atoms with Crippen LogP contribution in [0, 0.1) is 20.8 Å². The molecule has 0 radical (unpaired) electrons. The van der Waals surface area contributed by atoms with Gasteiger partial charge in [-0.3, -0.25) is 18.5 Å². The number of carbonyl (C=O) groups excluding carboxylic acids is 1. The maximum absolute atomic E-state index is 13.6. The van der Waals surface area contributed by atoms with Crippen molar-refractivity contribution in [3.05, 3.63) is 82.9 Å². The summed E-state index contributed by atoms with van der Waals surface area (Å²) in [7, 11) is -20.2. The number of sulfonamides is 1. The smallest absolute Gasteiger partial charge is 0.295 e. The molecule has 0 saturated heterocycles. The predicted molar refractivity (Wildman–Crippen MR) is 162 cm³/mol. The van der Waals surface area contributed by atoms with Crippen LogP contribution >= 0.6 is 0 Å². The summed E-state index contributed by atoms with van der Waals surface area (Å²) >= 11 is 0. The Morgan fingerprint density at radius 2 is 1.24 bits per heavy atom. The SMILES string of the molecule is Cc1ccc(S(=O)(=O)N(N)c2cc(C)ccc2C(=O)Nc2ccc(S(=O)(=O)O)c3cc(S(=O)(=O)O)cc(S(=O)(=O)O)c23)c(C)c1. The van der Waals surface area contributed by atoms with Gasteiger partial charge in [-0.2, -0.15) is 33.7 Å². The molecule has 0 bridgehead atoms. The van der Waals surface area contributed by atoms with Crippen molar-refractivity contribution in [3.8, 4) is 0 Å². The van der Waals surface area contributed by atoms with Crippen LogP contribution in [0.1, 0.15) is 27.0 Å². The molecule has 19 heteroatoms. The number of amides is 1. The summed E-state index contributed by atoms with van der Waals surface area (Å²) in [5, 5.41) is 0.707. The van der Waals surface area contributed by atoms with Crippen molar-refractivity contribution in [2.45, 2.75) is 40.4 Å². The minimum absolute atomic E-state index is 0.150. The van der Waals surface area contributed by atoms with E-state index in [-0.39, 0.29) is 16.1 Å². The molecule has 0 atom stereocenters. The van der Waals surface area contributed by atoms with Gasteiger partial charge >= 0.3 is 0 Å². The number of benzene rings is 4. The van der Waals surface area contributed by atoms with E-state index in [2.05, 4.69) is 5.32 Å². The van der Waals surface area contributed by atoms with E-state index in [1.54, 1.807) is 32.9 Å². The predicted octanol–water partition coefficient (Wildman–Crippen LogP) is 2.83. The first-order valence-corrected chi connectivity index (χ1v) is 18.1. The summed E-state index contributed by atoms with van der Waals surface area (Å²) in [4.78, 5) is 10.0. The molecule has 0 spiro atoms. The number of aryl methyl sites for hydroxylation is 3. The van der Waals surface area contributed by atoms with Crippen molar-refractivity contribution in [1.82, 2.24) is 0 Å². The lowest BCUT2D eigenvalue weighted by Gasteiger charge is -2.23. The third-order valence-electron chi connectivity index (χ3n) is 6.62. The molecule has 0 saturated carbocycles. The van der Waals surface area contributed by atoms with Crippen LogP contribution in [0.25, 0.3) is 10.8 Å². The molecule has 0 heterocycles. The molecule has 0 aliphatic heterocycles. The van der Waals surface area contributed by atoms with Crippen molar-refractivity contribution < 1.29 is 52.1 Å². The first kappa shape index (κ1) is 33.9. The molecule has 15 nitrogen and oxygen atoms in total. The van der Waals surface area contributed by atoms with Crippen LogP contribution in [-0.2, 0) is 40.4 Å². The van der Waals surface area contributed by atoms with Crippen LogP contribution in [0.2, 0.25) is 0 Å². The van der Waals surface area contributed by atoms with Gasteiger partial charge in [0.2, 0.25) is 0 Å². The third-order valence-corrected chi connectivity index (χ3v) is 11.0. The molecule has 240 valence electrons. The Kier molecular flexibility index (Phi) is 8.63. The number of fused-ring (bicyclic) bond motifs is 1. The maximum atomic E-state index is 13.6. The molecule has 0 unspecified atom stereocenters. The fraction of sp³-hybridized carbons (Fsp3) is 0.115. The number of anilines is 2. The van der Waals surface area contributed by atoms with Gasteiger partial charge in [-0.15, -0.1) is 0 Å². The Morgan fingerprint density at radius 1 is 0.689 bits per heavy atom. The molecule has 0 fully saturated rings. The van der Waals surface area contributed by atoms with Crippen molar-refractivity contribution in [2.24, 2.45) is 5.84 Å². The van der Waals surface area contributed by atoms with E-state index in [0.29, 0.717) is 33.7 Å². The Bertz CT molecular complexity index is 2360. The second-order valence-corrected chi connectivity index (χ2v) is 15.9. The Balaban J connectivity index is 1.95. The van der Waals surface area contributed by atoms with Gasteiger partial charge < -0.3 is 5.32 Å². The molecule has 1 amide bonds. The van der Waals surface area contributed by atoms with E-state index >= 15 is 0 Å². The highest BCUT2D eigenvalue weighted by atomic mass is 32.2. The molecule has 0 aromatic heterocycles. The molecule has 4 aromatic carbocycles. The van der Waals surface area contributed by atoms with Crippen LogP contribution in [-0.4, -0.2) is 53.2 Å². The fourth-order valence-electron chi connectivity index (χ4n) is 4.61. The maximum Gasteiger partial charge on any atom is 0.295 e. The number of nitrogens with two attached hydrogens (primary N) is 1. The monoisotopic (exact) mass is 699 g/mol. The molecule has 0 aliphatic rings. The van der Waals surface area contributed by atoms with Crippen LogP contribution < -0.4 is 15.6 Å². The standard InChI is InChI=1S/C26H25N3O12S4/c1-14-5-8-22(16(3)10-14)42(31,32)29(27)21-11-15(2)4-6-18(21)26(30)28-20-7-9-23(44(36,37)38)19-12-17(43(33,34)35)13-24(25(19)20)45(39,40)41/h4-13H,27H2,1-3H3,(H,28,30)(H,33,34,35)(H,36,37,38)(H,39,40,41). The minimum Gasteiger partial charge on any atom is -0.321 e. The zero-order valence-electron chi connectivity index (χ0n) is 23.4. The highest BCUT2D eigenvalue weighted by molar-refractivity contribution is 7.92. The van der Waals surface area contributed by atoms with Gasteiger partial charge in [0.25, 0.3) is 46.3 Å². The lowest BCUT2D eigenvalue weighted by Crippen LogP contribution is -2.39. The van der Waals surface area contributed by atoms with Gasteiger partial charge in [0.05, 0.1) is 26.7 Å². The van der Waals surface area contributed by atoms with Crippen LogP contribution in [0.5, 0.6) is 0 Å². The van der Waals surface area contributed by atoms with Gasteiger partial charge in [0.15, 0.2) is 0 Å². The van der Waals surface area contributed by atoms with Crippen LogP contribution in [0.15, 0.2) is 80.2 Å². The van der Waals surface area contributed by atoms with Crippen molar-refractivity contribution in [2.75, 3.05) is 9.73 Å². The molecule has 45 heavy (non-hydrogen) atoms. The number of rotatable bonds is 8. The number of nitrogens with zero attached hydrogens (tertiary/aromatic N) is 1. The van der Waals surface area contributed by atoms with Gasteiger partial charge in [-0.05, 0) is 74.4 Å². The summed E-state index contributed by atoms with van der Waals surface area (Å²) in [6.07, 6.45) is 0. The third kappa shape index (κ3) is 6.70. The van der Waals surface area contributed by atoms with E-state index in [1.165, 1.54) is 24.3 Å². The van der Waals surface area contributed by atoms with Crippen molar-refractivity contribution in [3.63, 3.8) is 0 Å². The molecule has 0 aliphatic carbocycles. The molecule has 6 N–H and O–H groups in total. The first-order valence-electron chi connectivity index (χ1n) is 12.4. The summed E-state index contributed by atoms with van der Waals surface area (Å²) in [6.45, 7) is 4.91. The lowest BCUT2D eigenvalue weighted by molar-refractivity contribution is 0.102. The van der Waals surface area contributed by atoms with E-state index in [9.17, 15) is 52.1 Å². The lowest BCUT2D eigenvalue weighted by atomic mass is 10.1. The Morgan fingerprint density at radius 3 is 1.80 bits per heavy atom. The fourth-order valence-corrected chi connectivity index (χ4v) is 7.97. The normalized spacial score (nSPS) is 12.7. The van der Waals surface area contributed by atoms with Crippen LogP contribution in [0.4, 0.5) is 11.4 Å². The highest BCUT2D eigenvalue weighted by Gasteiger charge is 2.30. The van der Waals surface area contributed by atoms with Crippen molar-refractivity contribution in [1.29, 1.82) is 0 Å². The Labute approximate surface area is 258 Å². The molecule has 4 aromatic rings. The average Bonchev–Trinajstić information content (AvgIpc) is 2.90.